The number of fused-ring (bicyclic) bond motifs is 3. The van der Waals surface area contributed by atoms with E-state index >= 15 is 0 Å². The topological polar surface area (TPSA) is 72.5 Å². The number of rotatable bonds is 2. The molecule has 0 saturated heterocycles. The van der Waals surface area contributed by atoms with Crippen molar-refractivity contribution >= 4 is 51.1 Å². The third kappa shape index (κ3) is 1.96. The monoisotopic (exact) mass is 381 g/mol. The summed E-state index contributed by atoms with van der Waals surface area (Å²) in [7, 11) is 0. The third-order valence-corrected chi connectivity index (χ3v) is 3.65. The van der Waals surface area contributed by atoms with Gasteiger partial charge in [-0.2, -0.15) is 0 Å². The van der Waals surface area contributed by atoms with Gasteiger partial charge in [-0.1, -0.05) is 46.9 Å². The zero-order chi connectivity index (χ0) is 14.3. The van der Waals surface area contributed by atoms with Crippen LogP contribution in [0.3, 0.4) is 0 Å². The van der Waals surface area contributed by atoms with E-state index in [-0.39, 0.29) is 21.3 Å². The molecule has 2 aromatic rings. The highest BCUT2D eigenvalue weighted by Crippen LogP contribution is 2.34. The number of alkyl halides is 1. The van der Waals surface area contributed by atoms with E-state index in [1.165, 1.54) is 0 Å². The van der Waals surface area contributed by atoms with Gasteiger partial charge in [0.2, 0.25) is 0 Å². The van der Waals surface area contributed by atoms with Crippen molar-refractivity contribution in [2.45, 2.75) is 0 Å². The van der Waals surface area contributed by atoms with Crippen LogP contribution in [0.25, 0.3) is 10.8 Å². The van der Waals surface area contributed by atoms with Gasteiger partial charge in [0.05, 0.1) is 15.6 Å². The lowest BCUT2D eigenvalue weighted by molar-refractivity contribution is -0.131. The summed E-state index contributed by atoms with van der Waals surface area (Å²) in [5.41, 5.74) is 0.399. The van der Waals surface area contributed by atoms with E-state index < -0.39 is 17.8 Å². The maximum Gasteiger partial charge on any atom is 0.321 e. The van der Waals surface area contributed by atoms with Crippen molar-refractivity contribution in [1.82, 2.24) is 5.32 Å². The zero-order valence-electron chi connectivity index (χ0n) is 10.1. The maximum atomic E-state index is 11.9. The minimum Gasteiger partial charge on any atom is -0.425 e. The number of esters is 1. The largest absolute Gasteiger partial charge is 0.425 e. The third-order valence-electron chi connectivity index (χ3n) is 3.03. The van der Waals surface area contributed by atoms with Crippen LogP contribution in [0, 0.1) is 0 Å². The number of ether oxygens (including phenoxy) is 1. The molecule has 0 atom stereocenters. The first-order valence-corrected chi connectivity index (χ1v) is 7.32. The van der Waals surface area contributed by atoms with Gasteiger partial charge in [-0.25, -0.2) is 0 Å². The minimum absolute atomic E-state index is 0.128. The van der Waals surface area contributed by atoms with Gasteiger partial charge in [0.25, 0.3) is 11.8 Å². The van der Waals surface area contributed by atoms with Gasteiger partial charge in [0, 0.05) is 0 Å². The molecule has 2 aromatic carbocycles. The number of amides is 2. The normalized spacial score (nSPS) is 13.2. The molecule has 100 valence electrons. The van der Waals surface area contributed by atoms with Gasteiger partial charge in [0.15, 0.2) is 0 Å². The number of nitrogens with one attached hydrogen (secondary N) is 1. The molecule has 0 unspecified atom stereocenters. The van der Waals surface area contributed by atoms with Crippen LogP contribution in [0.15, 0.2) is 30.3 Å². The van der Waals surface area contributed by atoms with Gasteiger partial charge in [-0.05, 0) is 16.8 Å². The van der Waals surface area contributed by atoms with Crippen LogP contribution in [-0.4, -0.2) is 22.2 Å². The first-order chi connectivity index (χ1) is 9.61. The van der Waals surface area contributed by atoms with E-state index in [4.69, 9.17) is 4.74 Å². The molecule has 0 radical (unpaired) electrons. The number of benzene rings is 2. The van der Waals surface area contributed by atoms with Crippen LogP contribution in [0.4, 0.5) is 0 Å². The second kappa shape index (κ2) is 4.86. The standard InChI is InChI=1S/C14H8INO4/c15-6-10(17)20-9-5-7-3-1-2-4-8(7)11-12(9)14(19)16-13(11)18/h1-5H,6H2,(H,16,18,19). The van der Waals surface area contributed by atoms with Crippen LogP contribution < -0.4 is 10.1 Å². The van der Waals surface area contributed by atoms with Gasteiger partial charge < -0.3 is 4.74 Å². The maximum absolute atomic E-state index is 11.9. The molecule has 0 spiro atoms. The smallest absolute Gasteiger partial charge is 0.321 e. The summed E-state index contributed by atoms with van der Waals surface area (Å²) in [6.07, 6.45) is 0. The summed E-state index contributed by atoms with van der Waals surface area (Å²) in [5.74, 6) is -1.33. The lowest BCUT2D eigenvalue weighted by atomic mass is 9.99. The highest BCUT2D eigenvalue weighted by atomic mass is 127. The molecular formula is C14H8INO4. The first kappa shape index (κ1) is 13.0. The number of carbonyl (C=O) groups is 3. The van der Waals surface area contributed by atoms with Crippen molar-refractivity contribution in [3.8, 4) is 5.75 Å². The Morgan fingerprint density at radius 2 is 1.85 bits per heavy atom. The molecule has 1 heterocycles. The van der Waals surface area contributed by atoms with E-state index in [2.05, 4.69) is 5.32 Å². The predicted molar refractivity (Wildman–Crippen MR) is 80.3 cm³/mol. The SMILES string of the molecule is O=C(CI)Oc1cc2ccccc2c2c1C(=O)NC2=O. The molecule has 1 aliphatic rings. The molecule has 20 heavy (non-hydrogen) atoms. The van der Waals surface area contributed by atoms with Gasteiger partial charge in [-0.15, -0.1) is 0 Å². The fraction of sp³-hybridized carbons (Fsp3) is 0.0714. The number of imide groups is 1. The summed E-state index contributed by atoms with van der Waals surface area (Å²) >= 11 is 1.87. The van der Waals surface area contributed by atoms with Crippen molar-refractivity contribution in [2.24, 2.45) is 0 Å². The molecule has 0 fully saturated rings. The Morgan fingerprint density at radius 3 is 2.60 bits per heavy atom. The van der Waals surface area contributed by atoms with Crippen LogP contribution in [0.1, 0.15) is 20.7 Å². The van der Waals surface area contributed by atoms with Crippen LogP contribution in [0.5, 0.6) is 5.75 Å². The molecule has 0 aromatic heterocycles. The number of hydrogen-bond acceptors (Lipinski definition) is 4. The second-order valence-electron chi connectivity index (χ2n) is 4.24. The highest BCUT2D eigenvalue weighted by molar-refractivity contribution is 14.1. The molecule has 0 saturated carbocycles. The Hall–Kier alpha value is -1.96. The summed E-state index contributed by atoms with van der Waals surface area (Å²) in [5, 5.41) is 3.64. The summed E-state index contributed by atoms with van der Waals surface area (Å²) in [6, 6.07) is 8.77. The molecular weight excluding hydrogens is 373 g/mol. The van der Waals surface area contributed by atoms with Gasteiger partial charge in [0.1, 0.15) is 5.75 Å². The van der Waals surface area contributed by atoms with E-state index in [1.54, 1.807) is 24.3 Å². The Labute approximate surface area is 127 Å². The van der Waals surface area contributed by atoms with Crippen LogP contribution in [-0.2, 0) is 4.79 Å². The minimum atomic E-state index is -0.535. The molecule has 0 aliphatic carbocycles. The van der Waals surface area contributed by atoms with E-state index in [0.717, 1.165) is 5.39 Å². The summed E-state index contributed by atoms with van der Waals surface area (Å²) in [4.78, 5) is 35.3. The van der Waals surface area contributed by atoms with Crippen LogP contribution in [0.2, 0.25) is 0 Å². The Morgan fingerprint density at radius 1 is 1.15 bits per heavy atom. The number of hydrogen-bond donors (Lipinski definition) is 1. The molecule has 5 nitrogen and oxygen atoms in total. The lowest BCUT2D eigenvalue weighted by Gasteiger charge is -2.09. The molecule has 1 aliphatic heterocycles. The second-order valence-corrected chi connectivity index (χ2v) is 5.00. The quantitative estimate of drug-likeness (QED) is 0.284. The lowest BCUT2D eigenvalue weighted by Crippen LogP contribution is -2.20. The first-order valence-electron chi connectivity index (χ1n) is 5.80. The fourth-order valence-electron chi connectivity index (χ4n) is 2.24. The number of halogens is 1. The molecule has 3 rings (SSSR count). The number of carbonyl (C=O) groups excluding carboxylic acids is 3. The highest BCUT2D eigenvalue weighted by Gasteiger charge is 2.33. The van der Waals surface area contributed by atoms with Crippen molar-refractivity contribution in [1.29, 1.82) is 0 Å². The average molecular weight is 381 g/mol. The van der Waals surface area contributed by atoms with E-state index in [9.17, 15) is 14.4 Å². The molecule has 0 bridgehead atoms. The predicted octanol–water partition coefficient (Wildman–Crippen LogP) is 2.06. The van der Waals surface area contributed by atoms with Crippen LogP contribution >= 0.6 is 22.6 Å². The van der Waals surface area contributed by atoms with Crippen molar-refractivity contribution in [2.75, 3.05) is 4.43 Å². The van der Waals surface area contributed by atoms with E-state index in [1.807, 2.05) is 28.7 Å². The van der Waals surface area contributed by atoms with Gasteiger partial charge in [-0.3, -0.25) is 19.7 Å². The van der Waals surface area contributed by atoms with Crippen molar-refractivity contribution in [3.63, 3.8) is 0 Å². The Balaban J connectivity index is 2.31. The molecule has 1 N–H and O–H groups in total. The Kier molecular flexibility index (Phi) is 3.17. The fourth-order valence-corrected chi connectivity index (χ4v) is 2.40. The van der Waals surface area contributed by atoms with Crippen molar-refractivity contribution in [3.05, 3.63) is 41.5 Å². The Bertz CT molecular complexity index is 769. The summed E-state index contributed by atoms with van der Waals surface area (Å²) < 4.78 is 5.34. The summed E-state index contributed by atoms with van der Waals surface area (Å²) in [6.45, 7) is 0. The average Bonchev–Trinajstić information content (AvgIpc) is 2.74. The molecule has 6 heteroatoms. The van der Waals surface area contributed by atoms with Crippen molar-refractivity contribution < 1.29 is 19.1 Å². The van der Waals surface area contributed by atoms with Gasteiger partial charge >= 0.3 is 5.97 Å². The van der Waals surface area contributed by atoms with E-state index in [0.29, 0.717) is 5.39 Å². The zero-order valence-corrected chi connectivity index (χ0v) is 12.3. The molecule has 2 amide bonds.